The number of terminal acetylenes is 1. The molecule has 5 nitrogen and oxygen atoms in total. The largest absolute Gasteiger partial charge is 0.456 e. The summed E-state index contributed by atoms with van der Waals surface area (Å²) in [4.78, 5) is 23.6. The van der Waals surface area contributed by atoms with Crippen molar-refractivity contribution in [2.45, 2.75) is 103 Å². The van der Waals surface area contributed by atoms with Crippen LogP contribution in [0.25, 0.3) is 0 Å². The minimum atomic E-state index is -0.923. The number of ether oxygens (including phenoxy) is 2. The number of aliphatic hydroxyl groups is 1. The van der Waals surface area contributed by atoms with Gasteiger partial charge in [0.1, 0.15) is 6.61 Å². The van der Waals surface area contributed by atoms with Gasteiger partial charge in [0.25, 0.3) is 0 Å². The Morgan fingerprint density at radius 2 is 1.18 bits per heavy atom. The first-order chi connectivity index (χ1) is 18.1. The van der Waals surface area contributed by atoms with E-state index >= 15 is 0 Å². The molecule has 226 valence electrons. The van der Waals surface area contributed by atoms with Gasteiger partial charge in [-0.3, -0.25) is 4.79 Å². The van der Waals surface area contributed by atoms with Crippen molar-refractivity contribution in [3.05, 3.63) is 0 Å². The molecule has 0 amide bonds. The standard InChI is InChI=1S/C32H38O5.H2S.11H2/c1-3-5-7-9-11-13-15-16-17-19-21-23-25-27-32(35)37-30(28-33)29-36-31(34)26-24-22-20-18-14-12-10-8-6-4-2;;;;;;;;;;;;/h2,30,33H,3,5,7,9,11,13,15-17,19,21,23,25,27-29H2,1H3;1H2;11*1H/t30-;;;;;;;;;;;;/m1............/s1. The van der Waals surface area contributed by atoms with Crippen molar-refractivity contribution in [2.75, 3.05) is 13.2 Å². The van der Waals surface area contributed by atoms with Crippen LogP contribution in [0.5, 0.6) is 0 Å². The van der Waals surface area contributed by atoms with Gasteiger partial charge < -0.3 is 14.6 Å². The molecular formula is C32H62O5S. The van der Waals surface area contributed by atoms with E-state index in [9.17, 15) is 14.7 Å². The van der Waals surface area contributed by atoms with Crippen LogP contribution in [0.1, 0.15) is 113 Å². The molecule has 6 heteroatoms. The van der Waals surface area contributed by atoms with Crippen LogP contribution < -0.4 is 0 Å². The molecule has 1 atom stereocenters. The minimum absolute atomic E-state index is 0. The highest BCUT2D eigenvalue weighted by Crippen LogP contribution is 2.13. The molecule has 0 fully saturated rings. The van der Waals surface area contributed by atoms with E-state index in [-0.39, 0.29) is 42.2 Å². The van der Waals surface area contributed by atoms with E-state index in [4.69, 9.17) is 15.9 Å². The first kappa shape index (κ1) is 36.8. The van der Waals surface area contributed by atoms with E-state index in [1.807, 2.05) is 0 Å². The van der Waals surface area contributed by atoms with Crippen molar-refractivity contribution >= 4 is 25.4 Å². The average molecular weight is 559 g/mol. The smallest absolute Gasteiger partial charge is 0.385 e. The summed E-state index contributed by atoms with van der Waals surface area (Å²) >= 11 is 0. The second-order valence-corrected chi connectivity index (χ2v) is 8.28. The number of aliphatic hydroxyl groups excluding tert-OH is 1. The molecule has 0 aliphatic heterocycles. The van der Waals surface area contributed by atoms with Gasteiger partial charge in [0.05, 0.1) is 6.61 Å². The highest BCUT2D eigenvalue weighted by Gasteiger charge is 2.15. The Bertz CT molecular complexity index is 1050. The number of carbonyl (C=O) groups excluding carboxylic acids is 2. The van der Waals surface area contributed by atoms with Crippen molar-refractivity contribution in [1.29, 1.82) is 0 Å². The van der Waals surface area contributed by atoms with Crippen LogP contribution in [0.2, 0.25) is 0 Å². The Kier molecular flexibility index (Phi) is 28.9. The first-order valence-corrected chi connectivity index (χ1v) is 13.1. The van der Waals surface area contributed by atoms with E-state index in [1.54, 1.807) is 0 Å². The molecule has 0 radical (unpaired) electrons. The number of hydrogen-bond donors (Lipinski definition) is 1. The molecule has 0 saturated carbocycles. The topological polar surface area (TPSA) is 72.8 Å². The molecule has 0 aromatic heterocycles. The summed E-state index contributed by atoms with van der Waals surface area (Å²) < 4.78 is 10.1. The molecule has 0 bridgehead atoms. The lowest BCUT2D eigenvalue weighted by atomic mass is 10.0. The SMILES string of the molecule is C#CC#CC#CC#CC#CC#CC(=O)OC[C@@H](CO)OC(=O)CCCCCCCCCCCCCCC.S.[HH].[HH].[HH].[HH].[HH].[HH].[HH].[HH].[HH].[HH].[HH]. The summed E-state index contributed by atoms with van der Waals surface area (Å²) in [5, 5.41) is 9.37. The van der Waals surface area contributed by atoms with Crippen LogP contribution in [0.3, 0.4) is 0 Å². The third kappa shape index (κ3) is 27.2. The normalized spacial score (nSPS) is 9.29. The van der Waals surface area contributed by atoms with E-state index < -0.39 is 24.6 Å². The van der Waals surface area contributed by atoms with Crippen molar-refractivity contribution < 1.29 is 39.9 Å². The van der Waals surface area contributed by atoms with Crippen LogP contribution in [0.4, 0.5) is 0 Å². The predicted molar refractivity (Wildman–Crippen MR) is 180 cm³/mol. The van der Waals surface area contributed by atoms with Crippen molar-refractivity contribution in [2.24, 2.45) is 0 Å². The van der Waals surface area contributed by atoms with Gasteiger partial charge in [-0.2, -0.15) is 13.5 Å². The summed E-state index contributed by atoms with van der Waals surface area (Å²) in [7, 11) is 0. The number of carbonyl (C=O) groups is 2. The van der Waals surface area contributed by atoms with Gasteiger partial charge in [-0.1, -0.05) is 84.0 Å². The maximum absolute atomic E-state index is 12.0. The van der Waals surface area contributed by atoms with Crippen molar-refractivity contribution in [3.63, 3.8) is 0 Å². The average Bonchev–Trinajstić information content (AvgIpc) is 2.90. The van der Waals surface area contributed by atoms with Crippen LogP contribution >= 0.6 is 13.5 Å². The maximum atomic E-state index is 12.0. The van der Waals surface area contributed by atoms with E-state index in [2.05, 4.69) is 72.0 Å². The molecule has 0 spiro atoms. The van der Waals surface area contributed by atoms with Crippen molar-refractivity contribution in [1.82, 2.24) is 0 Å². The number of hydrogen-bond acceptors (Lipinski definition) is 5. The zero-order valence-corrected chi connectivity index (χ0v) is 23.5. The van der Waals surface area contributed by atoms with E-state index in [0.717, 1.165) is 19.3 Å². The summed E-state index contributed by atoms with van der Waals surface area (Å²) in [6.07, 6.45) is 20.2. The van der Waals surface area contributed by atoms with Gasteiger partial charge in [-0.05, 0) is 65.6 Å². The zero-order chi connectivity index (χ0) is 27.2. The summed E-state index contributed by atoms with van der Waals surface area (Å²) in [5.41, 5.74) is 0. The molecule has 0 unspecified atom stereocenters. The van der Waals surface area contributed by atoms with Gasteiger partial charge in [-0.25, -0.2) is 4.79 Å². The molecule has 0 aliphatic carbocycles. The predicted octanol–water partition coefficient (Wildman–Crippen LogP) is 7.38. The number of esters is 2. The highest BCUT2D eigenvalue weighted by atomic mass is 32.1. The van der Waals surface area contributed by atoms with Crippen LogP contribution in [-0.4, -0.2) is 36.4 Å². The Labute approximate surface area is 253 Å². The Morgan fingerprint density at radius 3 is 1.66 bits per heavy atom. The second kappa shape index (κ2) is 29.8. The molecule has 0 heterocycles. The molecule has 0 rings (SSSR count). The number of unbranched alkanes of at least 4 members (excludes halogenated alkanes) is 12. The van der Waals surface area contributed by atoms with Gasteiger partial charge in [0.2, 0.25) is 0 Å². The lowest BCUT2D eigenvalue weighted by molar-refractivity contribution is -0.159. The Balaban J connectivity index is -0.0000000982. The lowest BCUT2D eigenvalue weighted by Crippen LogP contribution is -2.28. The van der Waals surface area contributed by atoms with Crippen LogP contribution in [0, 0.1) is 71.5 Å². The molecule has 38 heavy (non-hydrogen) atoms. The van der Waals surface area contributed by atoms with E-state index in [1.165, 1.54) is 64.2 Å². The molecular weight excluding hydrogens is 496 g/mol. The third-order valence-electron chi connectivity index (χ3n) is 5.12. The lowest BCUT2D eigenvalue weighted by Gasteiger charge is -2.14. The molecule has 1 N–H and O–H groups in total. The fourth-order valence-electron chi connectivity index (χ4n) is 3.20. The van der Waals surface area contributed by atoms with Gasteiger partial charge in [0.15, 0.2) is 6.10 Å². The molecule has 0 saturated heterocycles. The van der Waals surface area contributed by atoms with Crippen LogP contribution in [-0.2, 0) is 19.1 Å². The maximum Gasteiger partial charge on any atom is 0.385 e. The number of rotatable bonds is 18. The zero-order valence-electron chi connectivity index (χ0n) is 22.5. The fraction of sp³-hybridized carbons (Fsp3) is 0.562. The fourth-order valence-corrected chi connectivity index (χ4v) is 3.20. The van der Waals surface area contributed by atoms with Crippen molar-refractivity contribution in [3.8, 4) is 71.5 Å². The second-order valence-electron chi connectivity index (χ2n) is 8.28. The summed E-state index contributed by atoms with van der Waals surface area (Å²) in [6, 6.07) is 0. The molecule has 0 aromatic carbocycles. The first-order valence-electron chi connectivity index (χ1n) is 13.1. The summed E-state index contributed by atoms with van der Waals surface area (Å²) in [5.74, 6) is 24.4. The van der Waals surface area contributed by atoms with E-state index in [0.29, 0.717) is 0 Å². The Morgan fingerprint density at radius 1 is 0.737 bits per heavy atom. The third-order valence-corrected chi connectivity index (χ3v) is 5.12. The molecule has 0 aromatic rings. The van der Waals surface area contributed by atoms with Gasteiger partial charge >= 0.3 is 11.9 Å². The monoisotopic (exact) mass is 558 g/mol. The Hall–Kier alpha value is -3.39. The van der Waals surface area contributed by atoms with Gasteiger partial charge in [-0.15, -0.1) is 6.42 Å². The quantitative estimate of drug-likeness (QED) is 0.0822. The molecule has 0 aliphatic rings. The van der Waals surface area contributed by atoms with Gasteiger partial charge in [0, 0.05) is 28.0 Å². The summed E-state index contributed by atoms with van der Waals surface area (Å²) in [6.45, 7) is 1.51. The highest BCUT2D eigenvalue weighted by molar-refractivity contribution is 7.59. The minimum Gasteiger partial charge on any atom is -0.456 e. The van der Waals surface area contributed by atoms with Crippen LogP contribution in [0.15, 0.2) is 0 Å².